The third-order valence-electron chi connectivity index (χ3n) is 4.12. The molecule has 0 aliphatic carbocycles. The van der Waals surface area contributed by atoms with Gasteiger partial charge >= 0.3 is 5.97 Å². The zero-order valence-electron chi connectivity index (χ0n) is 15.4. The van der Waals surface area contributed by atoms with Gasteiger partial charge in [-0.3, -0.25) is 4.79 Å². The van der Waals surface area contributed by atoms with Crippen molar-refractivity contribution in [2.75, 3.05) is 6.61 Å². The van der Waals surface area contributed by atoms with Gasteiger partial charge in [0.05, 0.1) is 15.5 Å². The minimum absolute atomic E-state index is 0.00200. The smallest absolute Gasteiger partial charge is 0.340 e. The minimum Gasteiger partial charge on any atom is -0.454 e. The highest BCUT2D eigenvalue weighted by atomic mass is 35.5. The first kappa shape index (κ1) is 21.1. The number of rotatable bonds is 6. The molecule has 2 aromatic rings. The van der Waals surface area contributed by atoms with Crippen LogP contribution in [0.15, 0.2) is 29.2 Å². The maximum Gasteiger partial charge on any atom is 0.340 e. The first-order chi connectivity index (χ1) is 12.4. The largest absolute Gasteiger partial charge is 0.454 e. The van der Waals surface area contributed by atoms with E-state index in [9.17, 15) is 18.0 Å². The van der Waals surface area contributed by atoms with E-state index in [1.165, 1.54) is 12.1 Å². The number of primary sulfonamides is 1. The molecule has 7 nitrogen and oxygen atoms in total. The van der Waals surface area contributed by atoms with Gasteiger partial charge in [-0.05, 0) is 52.0 Å². The Morgan fingerprint density at radius 3 is 2.33 bits per heavy atom. The molecule has 0 atom stereocenters. The van der Waals surface area contributed by atoms with E-state index >= 15 is 0 Å². The average molecular weight is 413 g/mol. The molecule has 0 spiro atoms. The summed E-state index contributed by atoms with van der Waals surface area (Å²) in [5.41, 5.74) is 2.01. The Hall–Kier alpha value is -2.16. The lowest BCUT2D eigenvalue weighted by atomic mass is 10.1. The van der Waals surface area contributed by atoms with Crippen molar-refractivity contribution in [1.82, 2.24) is 4.57 Å². The monoisotopic (exact) mass is 412 g/mol. The second-order valence-electron chi connectivity index (χ2n) is 6.43. The van der Waals surface area contributed by atoms with Crippen molar-refractivity contribution in [1.29, 1.82) is 0 Å². The fourth-order valence-electron chi connectivity index (χ4n) is 2.98. The molecular formula is C18H21ClN2O5S. The van der Waals surface area contributed by atoms with Crippen LogP contribution in [-0.2, 0) is 14.8 Å². The summed E-state index contributed by atoms with van der Waals surface area (Å²) >= 11 is 5.93. The topological polar surface area (TPSA) is 108 Å². The Morgan fingerprint density at radius 1 is 1.19 bits per heavy atom. The van der Waals surface area contributed by atoms with E-state index in [2.05, 4.69) is 0 Å². The Bertz CT molecular complexity index is 1010. The maximum absolute atomic E-state index is 12.5. The van der Waals surface area contributed by atoms with Crippen molar-refractivity contribution in [3.05, 3.63) is 51.8 Å². The van der Waals surface area contributed by atoms with Crippen molar-refractivity contribution < 1.29 is 22.7 Å². The highest BCUT2D eigenvalue weighted by molar-refractivity contribution is 7.89. The van der Waals surface area contributed by atoms with Gasteiger partial charge in [-0.2, -0.15) is 0 Å². The number of benzene rings is 1. The number of carbonyl (C=O) groups is 2. The van der Waals surface area contributed by atoms with E-state index in [-0.39, 0.29) is 27.3 Å². The molecule has 1 heterocycles. The number of nitrogens with two attached hydrogens (primary N) is 1. The van der Waals surface area contributed by atoms with Crippen molar-refractivity contribution in [3.63, 3.8) is 0 Å². The Labute approximate surface area is 163 Å². The third kappa shape index (κ3) is 4.58. The second-order valence-corrected chi connectivity index (χ2v) is 8.40. The summed E-state index contributed by atoms with van der Waals surface area (Å²) in [6, 6.07) is 5.37. The summed E-state index contributed by atoms with van der Waals surface area (Å²) in [7, 11) is -4.00. The van der Waals surface area contributed by atoms with Crippen molar-refractivity contribution in [2.45, 2.75) is 38.6 Å². The average Bonchev–Trinajstić information content (AvgIpc) is 2.86. The van der Waals surface area contributed by atoms with Gasteiger partial charge in [-0.25, -0.2) is 18.4 Å². The van der Waals surface area contributed by atoms with E-state index in [4.69, 9.17) is 21.5 Å². The summed E-state index contributed by atoms with van der Waals surface area (Å²) < 4.78 is 29.9. The van der Waals surface area contributed by atoms with Gasteiger partial charge < -0.3 is 9.30 Å². The molecule has 2 N–H and O–H groups in total. The summed E-state index contributed by atoms with van der Waals surface area (Å²) in [6.07, 6.45) is 0. The molecule has 0 amide bonds. The molecule has 0 unspecified atom stereocenters. The molecule has 146 valence electrons. The van der Waals surface area contributed by atoms with Crippen molar-refractivity contribution in [2.24, 2.45) is 5.14 Å². The number of sulfonamides is 1. The number of esters is 1. The van der Waals surface area contributed by atoms with E-state index in [1.807, 2.05) is 32.3 Å². The first-order valence-corrected chi connectivity index (χ1v) is 10.1. The first-order valence-electron chi connectivity index (χ1n) is 8.14. The number of carbonyl (C=O) groups excluding carboxylic acids is 2. The van der Waals surface area contributed by atoms with E-state index < -0.39 is 22.6 Å². The summed E-state index contributed by atoms with van der Waals surface area (Å²) in [5, 5.41) is 5.05. The molecule has 0 aliphatic rings. The standard InChI is InChI=1S/C18H21ClN2O5S/c1-10(2)21-11(3)7-14(12(21)4)17(22)9-26-18(23)15-8-13(27(20,24)25)5-6-16(15)19/h5-8,10H,9H2,1-4H3,(H2,20,24,25). The van der Waals surface area contributed by atoms with Crippen LogP contribution in [0.5, 0.6) is 0 Å². The number of halogens is 1. The van der Waals surface area contributed by atoms with Crippen LogP contribution in [0.4, 0.5) is 0 Å². The van der Waals surface area contributed by atoms with Gasteiger partial charge in [0, 0.05) is 23.0 Å². The Kier molecular flexibility index (Phi) is 6.14. The van der Waals surface area contributed by atoms with Crippen molar-refractivity contribution >= 4 is 33.4 Å². The Morgan fingerprint density at radius 2 is 1.81 bits per heavy atom. The number of ketones is 1. The van der Waals surface area contributed by atoms with Crippen LogP contribution in [0.25, 0.3) is 0 Å². The molecule has 0 radical (unpaired) electrons. The van der Waals surface area contributed by atoms with E-state index in [0.29, 0.717) is 5.56 Å². The van der Waals surface area contributed by atoms with Gasteiger partial charge in [0.2, 0.25) is 15.8 Å². The fraction of sp³-hybridized carbons (Fsp3) is 0.333. The molecule has 0 fully saturated rings. The van der Waals surface area contributed by atoms with Crippen LogP contribution in [0.1, 0.15) is 52.0 Å². The Balaban J connectivity index is 2.19. The number of ether oxygens (including phenoxy) is 1. The van der Waals surface area contributed by atoms with E-state index in [0.717, 1.165) is 17.5 Å². The molecule has 0 saturated carbocycles. The molecule has 27 heavy (non-hydrogen) atoms. The molecule has 0 saturated heterocycles. The molecular weight excluding hydrogens is 392 g/mol. The lowest BCUT2D eigenvalue weighted by Gasteiger charge is -2.13. The normalized spacial score (nSPS) is 11.7. The van der Waals surface area contributed by atoms with Crippen LogP contribution in [-0.4, -0.2) is 31.3 Å². The lowest BCUT2D eigenvalue weighted by Crippen LogP contribution is -2.17. The van der Waals surface area contributed by atoms with Gasteiger partial charge in [0.1, 0.15) is 0 Å². The number of hydrogen-bond donors (Lipinski definition) is 1. The SMILES string of the molecule is Cc1cc(C(=O)COC(=O)c2cc(S(N)(=O)=O)ccc2Cl)c(C)n1C(C)C. The predicted molar refractivity (Wildman–Crippen MR) is 102 cm³/mol. The van der Waals surface area contributed by atoms with Crippen LogP contribution in [0.2, 0.25) is 5.02 Å². The minimum atomic E-state index is -4.00. The number of nitrogens with zero attached hydrogens (tertiary/aromatic N) is 1. The number of hydrogen-bond acceptors (Lipinski definition) is 5. The third-order valence-corrected chi connectivity index (χ3v) is 5.36. The maximum atomic E-state index is 12.5. The summed E-state index contributed by atoms with van der Waals surface area (Å²) in [5.74, 6) is -1.27. The number of aromatic nitrogens is 1. The molecule has 1 aromatic heterocycles. The number of aryl methyl sites for hydroxylation is 1. The highest BCUT2D eigenvalue weighted by Crippen LogP contribution is 2.22. The molecule has 0 bridgehead atoms. The zero-order valence-corrected chi connectivity index (χ0v) is 17.0. The number of Topliss-reactive ketones (excluding diaryl/α,β-unsaturated/α-hetero) is 1. The second kappa shape index (κ2) is 7.84. The summed E-state index contributed by atoms with van der Waals surface area (Å²) in [6.45, 7) is 7.25. The van der Waals surface area contributed by atoms with Crippen LogP contribution in [0.3, 0.4) is 0 Å². The van der Waals surface area contributed by atoms with Crippen LogP contribution in [0, 0.1) is 13.8 Å². The van der Waals surface area contributed by atoms with Crippen LogP contribution < -0.4 is 5.14 Å². The quantitative estimate of drug-likeness (QED) is 0.579. The van der Waals surface area contributed by atoms with Crippen LogP contribution >= 0.6 is 11.6 Å². The van der Waals surface area contributed by atoms with Gasteiger partial charge in [0.15, 0.2) is 6.61 Å². The molecule has 2 rings (SSSR count). The summed E-state index contributed by atoms with van der Waals surface area (Å²) in [4.78, 5) is 24.4. The fourth-order valence-corrected chi connectivity index (χ4v) is 3.71. The highest BCUT2D eigenvalue weighted by Gasteiger charge is 2.21. The molecule has 9 heteroatoms. The molecule has 0 aliphatic heterocycles. The van der Waals surface area contributed by atoms with Gasteiger partial charge in [0.25, 0.3) is 0 Å². The predicted octanol–water partition coefficient (Wildman–Crippen LogP) is 3.03. The molecule has 1 aromatic carbocycles. The van der Waals surface area contributed by atoms with Gasteiger partial charge in [-0.1, -0.05) is 11.6 Å². The lowest BCUT2D eigenvalue weighted by molar-refractivity contribution is 0.0474. The van der Waals surface area contributed by atoms with E-state index in [1.54, 1.807) is 6.07 Å². The zero-order chi connectivity index (χ0) is 20.5. The van der Waals surface area contributed by atoms with Gasteiger partial charge in [-0.15, -0.1) is 0 Å². The van der Waals surface area contributed by atoms with Crippen molar-refractivity contribution in [3.8, 4) is 0 Å².